The summed E-state index contributed by atoms with van der Waals surface area (Å²) in [5.74, 6) is -0.454. The third-order valence-corrected chi connectivity index (χ3v) is 4.31. The molecule has 31 heavy (non-hydrogen) atoms. The van der Waals surface area contributed by atoms with Crippen LogP contribution in [-0.2, 0) is 20.4 Å². The van der Waals surface area contributed by atoms with Crippen molar-refractivity contribution < 1.29 is 32.2 Å². The number of carbonyl (C=O) groups excluding carboxylic acids is 2. The number of hydrogen-bond acceptors (Lipinski definition) is 6. The lowest BCUT2D eigenvalue weighted by Crippen LogP contribution is -2.42. The number of nitrogens with one attached hydrogen (secondary N) is 2. The van der Waals surface area contributed by atoms with Crippen LogP contribution >= 0.6 is 0 Å². The molecular weight excluding hydrogens is 417 g/mol. The highest BCUT2D eigenvalue weighted by molar-refractivity contribution is 5.82. The van der Waals surface area contributed by atoms with Crippen LogP contribution in [0.5, 0.6) is 0 Å². The Bertz CT molecular complexity index is 861. The molecule has 2 amide bonds. The van der Waals surface area contributed by atoms with Crippen molar-refractivity contribution in [2.24, 2.45) is 0 Å². The summed E-state index contributed by atoms with van der Waals surface area (Å²) in [6, 6.07) is 4.90. The first-order valence-electron chi connectivity index (χ1n) is 9.60. The minimum absolute atomic E-state index is 0.0374. The first kappa shape index (κ1) is 24.3. The second-order valence-corrected chi connectivity index (χ2v) is 7.94. The number of nitrogens with zero attached hydrogens (tertiary/aromatic N) is 2. The van der Waals surface area contributed by atoms with E-state index in [2.05, 4.69) is 10.6 Å². The summed E-state index contributed by atoms with van der Waals surface area (Å²) in [4.78, 5) is 25.4. The van der Waals surface area contributed by atoms with Crippen LogP contribution in [0, 0.1) is 11.3 Å². The first-order chi connectivity index (χ1) is 14.3. The van der Waals surface area contributed by atoms with Crippen molar-refractivity contribution in [3.63, 3.8) is 0 Å². The molecule has 8 nitrogen and oxygen atoms in total. The molecule has 2 atom stereocenters. The SMILES string of the molecule is C[C@H]1O[C@H](C(=O)NCCNC(=O)OC(C)(C)C)CN1c1ccc(C#N)c(C(F)(F)F)c1. The summed E-state index contributed by atoms with van der Waals surface area (Å²) < 4.78 is 50.3. The van der Waals surface area contributed by atoms with Gasteiger partial charge in [0.15, 0.2) is 6.10 Å². The highest BCUT2D eigenvalue weighted by atomic mass is 19.4. The van der Waals surface area contributed by atoms with Crippen LogP contribution in [0.15, 0.2) is 18.2 Å². The summed E-state index contributed by atoms with van der Waals surface area (Å²) >= 11 is 0. The summed E-state index contributed by atoms with van der Waals surface area (Å²) in [5, 5.41) is 14.0. The lowest BCUT2D eigenvalue weighted by molar-refractivity contribution is -0.137. The number of alkyl halides is 3. The molecule has 0 radical (unpaired) electrons. The molecule has 0 unspecified atom stereocenters. The predicted molar refractivity (Wildman–Crippen MR) is 105 cm³/mol. The highest BCUT2D eigenvalue weighted by Gasteiger charge is 2.38. The number of ether oxygens (including phenoxy) is 2. The Hall–Kier alpha value is -3.00. The van der Waals surface area contributed by atoms with Gasteiger partial charge in [0, 0.05) is 18.8 Å². The van der Waals surface area contributed by atoms with Crippen molar-refractivity contribution in [1.82, 2.24) is 10.6 Å². The van der Waals surface area contributed by atoms with E-state index in [0.717, 1.165) is 12.1 Å². The Morgan fingerprint density at radius 2 is 1.90 bits per heavy atom. The molecule has 2 N–H and O–H groups in total. The van der Waals surface area contributed by atoms with Crippen molar-refractivity contribution in [3.8, 4) is 6.07 Å². The molecule has 1 fully saturated rings. The molecule has 170 valence electrons. The fourth-order valence-electron chi connectivity index (χ4n) is 2.96. The molecule has 2 rings (SSSR count). The van der Waals surface area contributed by atoms with Crippen molar-refractivity contribution >= 4 is 17.7 Å². The van der Waals surface area contributed by atoms with Crippen molar-refractivity contribution in [1.29, 1.82) is 5.26 Å². The van der Waals surface area contributed by atoms with Crippen LogP contribution in [0.25, 0.3) is 0 Å². The number of nitriles is 1. The average molecular weight is 442 g/mol. The normalized spacial score (nSPS) is 19.0. The second-order valence-electron chi connectivity index (χ2n) is 7.94. The predicted octanol–water partition coefficient (Wildman–Crippen LogP) is 2.77. The number of halogens is 3. The molecule has 1 aromatic carbocycles. The second kappa shape index (κ2) is 9.43. The summed E-state index contributed by atoms with van der Waals surface area (Å²) in [6.45, 7) is 7.09. The largest absolute Gasteiger partial charge is 0.444 e. The van der Waals surface area contributed by atoms with E-state index in [1.165, 1.54) is 17.0 Å². The van der Waals surface area contributed by atoms with Gasteiger partial charge >= 0.3 is 12.3 Å². The minimum Gasteiger partial charge on any atom is -0.444 e. The zero-order valence-electron chi connectivity index (χ0n) is 17.7. The molecule has 0 saturated carbocycles. The summed E-state index contributed by atoms with van der Waals surface area (Å²) in [6.07, 6.45) is -6.84. The molecule has 0 bridgehead atoms. The third-order valence-electron chi connectivity index (χ3n) is 4.31. The van der Waals surface area contributed by atoms with Crippen LogP contribution in [0.2, 0.25) is 0 Å². The lowest BCUT2D eigenvalue weighted by Gasteiger charge is -2.23. The maximum atomic E-state index is 13.2. The number of amides is 2. The van der Waals surface area contributed by atoms with E-state index in [1.807, 2.05) is 0 Å². The van der Waals surface area contributed by atoms with Gasteiger partial charge in [0.2, 0.25) is 0 Å². The van der Waals surface area contributed by atoms with Gasteiger partial charge in [-0.05, 0) is 45.9 Å². The van der Waals surface area contributed by atoms with Gasteiger partial charge < -0.3 is 25.0 Å². The Morgan fingerprint density at radius 1 is 1.26 bits per heavy atom. The van der Waals surface area contributed by atoms with Gasteiger partial charge in [-0.2, -0.15) is 18.4 Å². The van der Waals surface area contributed by atoms with Gasteiger partial charge in [-0.15, -0.1) is 0 Å². The van der Waals surface area contributed by atoms with E-state index in [1.54, 1.807) is 27.7 Å². The van der Waals surface area contributed by atoms with Crippen molar-refractivity contribution in [3.05, 3.63) is 29.3 Å². The summed E-state index contributed by atoms with van der Waals surface area (Å²) in [5.41, 5.74) is -1.96. The molecule has 1 aliphatic rings. The van der Waals surface area contributed by atoms with Gasteiger partial charge in [0.05, 0.1) is 23.7 Å². The van der Waals surface area contributed by atoms with Crippen LogP contribution < -0.4 is 15.5 Å². The van der Waals surface area contributed by atoms with Crippen molar-refractivity contribution in [2.45, 2.75) is 51.8 Å². The number of anilines is 1. The van der Waals surface area contributed by atoms with E-state index >= 15 is 0 Å². The zero-order valence-corrected chi connectivity index (χ0v) is 17.7. The van der Waals surface area contributed by atoms with E-state index in [9.17, 15) is 22.8 Å². The smallest absolute Gasteiger partial charge is 0.417 e. The molecule has 11 heteroatoms. The molecule has 1 saturated heterocycles. The van der Waals surface area contributed by atoms with Crippen LogP contribution in [0.3, 0.4) is 0 Å². The fourth-order valence-corrected chi connectivity index (χ4v) is 2.96. The Kier molecular flexibility index (Phi) is 7.38. The molecule has 0 spiro atoms. The molecule has 0 aliphatic carbocycles. The number of carbonyl (C=O) groups is 2. The van der Waals surface area contributed by atoms with E-state index in [-0.39, 0.29) is 25.3 Å². The minimum atomic E-state index is -4.68. The van der Waals surface area contributed by atoms with Crippen LogP contribution in [0.4, 0.5) is 23.7 Å². The average Bonchev–Trinajstić information content (AvgIpc) is 3.04. The van der Waals surface area contributed by atoms with Gasteiger partial charge in [-0.1, -0.05) is 0 Å². The maximum Gasteiger partial charge on any atom is 0.417 e. The molecule has 1 heterocycles. The van der Waals surface area contributed by atoms with Crippen molar-refractivity contribution in [2.75, 3.05) is 24.5 Å². The fraction of sp³-hybridized carbons (Fsp3) is 0.550. The van der Waals surface area contributed by atoms with Gasteiger partial charge in [-0.25, -0.2) is 4.79 Å². The molecule has 0 aromatic heterocycles. The summed E-state index contributed by atoms with van der Waals surface area (Å²) in [7, 11) is 0. The molecule has 1 aliphatic heterocycles. The quantitative estimate of drug-likeness (QED) is 0.680. The zero-order chi connectivity index (χ0) is 23.4. The van der Waals surface area contributed by atoms with E-state index in [4.69, 9.17) is 14.7 Å². The number of rotatable bonds is 5. The molecule has 1 aromatic rings. The Labute approximate surface area is 178 Å². The lowest BCUT2D eigenvalue weighted by atomic mass is 10.1. The first-order valence-corrected chi connectivity index (χ1v) is 9.60. The van der Waals surface area contributed by atoms with Crippen LogP contribution in [-0.4, -0.2) is 49.6 Å². The Balaban J connectivity index is 1.93. The standard InChI is InChI=1S/C20H25F3N4O4/c1-12-27(14-6-5-13(10-24)15(9-14)20(21,22)23)11-16(30-12)17(28)25-7-8-26-18(29)31-19(2,3)4/h5-6,9,12,16H,7-8,11H2,1-4H3,(H,25,28)(H,26,29)/t12-,16+/m1/s1. The van der Waals surface area contributed by atoms with Crippen LogP contribution in [0.1, 0.15) is 38.8 Å². The van der Waals surface area contributed by atoms with Gasteiger partial charge in [-0.3, -0.25) is 4.79 Å². The van der Waals surface area contributed by atoms with E-state index in [0.29, 0.717) is 0 Å². The number of hydrogen-bond donors (Lipinski definition) is 2. The number of alkyl carbamates (subject to hydrolysis) is 1. The van der Waals surface area contributed by atoms with Gasteiger partial charge in [0.25, 0.3) is 5.91 Å². The third kappa shape index (κ3) is 6.75. The van der Waals surface area contributed by atoms with E-state index < -0.39 is 47.2 Å². The maximum absolute atomic E-state index is 13.2. The number of benzene rings is 1. The molecular formula is C20H25F3N4O4. The van der Waals surface area contributed by atoms with Gasteiger partial charge in [0.1, 0.15) is 11.8 Å². The topological polar surface area (TPSA) is 104 Å². The monoisotopic (exact) mass is 442 g/mol. The Morgan fingerprint density at radius 3 is 2.48 bits per heavy atom. The highest BCUT2D eigenvalue weighted by Crippen LogP contribution is 2.35.